The largest absolute Gasteiger partial charge is 0.481 e. The number of carboxylic acids is 1. The van der Waals surface area contributed by atoms with E-state index in [-0.39, 0.29) is 18.2 Å². The van der Waals surface area contributed by atoms with Gasteiger partial charge in [0, 0.05) is 25.3 Å². The highest BCUT2D eigenvalue weighted by molar-refractivity contribution is 9.10. The number of aliphatic carboxylic acids is 1. The van der Waals surface area contributed by atoms with Crippen LogP contribution in [0.1, 0.15) is 29.0 Å². The van der Waals surface area contributed by atoms with E-state index >= 15 is 0 Å². The summed E-state index contributed by atoms with van der Waals surface area (Å²) in [6, 6.07) is 1.70. The summed E-state index contributed by atoms with van der Waals surface area (Å²) in [5.74, 6) is -1.65. The van der Waals surface area contributed by atoms with Gasteiger partial charge in [0.05, 0.1) is 5.92 Å². The molecule has 0 saturated carbocycles. The zero-order chi connectivity index (χ0) is 15.4. The normalized spacial score (nSPS) is 17.4. The summed E-state index contributed by atoms with van der Waals surface area (Å²) < 4.78 is 11.0. The molecule has 0 aromatic carbocycles. The maximum Gasteiger partial charge on any atom is 0.308 e. The topological polar surface area (TPSA) is 88.8 Å². The van der Waals surface area contributed by atoms with Crippen LogP contribution >= 0.6 is 15.9 Å². The average Bonchev–Trinajstić information content (AvgIpc) is 2.78. The minimum atomic E-state index is -0.889. The van der Waals surface area contributed by atoms with E-state index in [0.29, 0.717) is 36.3 Å². The first-order chi connectivity index (χ1) is 9.99. The van der Waals surface area contributed by atoms with Gasteiger partial charge >= 0.3 is 5.97 Å². The van der Waals surface area contributed by atoms with Crippen LogP contribution in [-0.2, 0) is 9.53 Å². The van der Waals surface area contributed by atoms with Crippen LogP contribution in [0.25, 0.3) is 0 Å². The van der Waals surface area contributed by atoms with Crippen LogP contribution in [0.5, 0.6) is 0 Å². The third-order valence-corrected chi connectivity index (χ3v) is 4.12. The summed E-state index contributed by atoms with van der Waals surface area (Å²) >= 11 is 3.16. The number of hydrogen-bond donors (Lipinski definition) is 2. The number of carboxylic acid groups (broad SMARTS) is 1. The fourth-order valence-electron chi connectivity index (χ4n) is 2.53. The number of aryl methyl sites for hydroxylation is 1. The molecule has 7 heteroatoms. The number of rotatable bonds is 5. The van der Waals surface area contributed by atoms with Gasteiger partial charge in [0.2, 0.25) is 0 Å². The van der Waals surface area contributed by atoms with Crippen LogP contribution in [-0.4, -0.2) is 36.7 Å². The molecule has 1 atom stereocenters. The predicted molar refractivity (Wildman–Crippen MR) is 78.1 cm³/mol. The molecule has 1 fully saturated rings. The Morgan fingerprint density at radius 3 is 2.67 bits per heavy atom. The Balaban J connectivity index is 1.96. The zero-order valence-electron chi connectivity index (χ0n) is 11.7. The molecule has 6 nitrogen and oxygen atoms in total. The number of carbonyl (C=O) groups is 2. The molecule has 21 heavy (non-hydrogen) atoms. The maximum atomic E-state index is 12.0. The third kappa shape index (κ3) is 4.07. The molecule has 1 aliphatic rings. The molecule has 0 aliphatic carbocycles. The summed E-state index contributed by atoms with van der Waals surface area (Å²) in [5.41, 5.74) is 0.706. The zero-order valence-corrected chi connectivity index (χ0v) is 13.3. The molecule has 1 aliphatic heterocycles. The average molecular weight is 360 g/mol. The molecule has 0 spiro atoms. The van der Waals surface area contributed by atoms with Crippen LogP contribution in [0.4, 0.5) is 0 Å². The van der Waals surface area contributed by atoms with Gasteiger partial charge in [-0.2, -0.15) is 0 Å². The summed E-state index contributed by atoms with van der Waals surface area (Å²) in [5, 5.41) is 12.0. The lowest BCUT2D eigenvalue weighted by atomic mass is 9.86. The van der Waals surface area contributed by atoms with Gasteiger partial charge in [0.25, 0.3) is 5.91 Å². The number of hydrogen-bond acceptors (Lipinski definition) is 4. The van der Waals surface area contributed by atoms with Crippen LogP contribution in [0.3, 0.4) is 0 Å². The van der Waals surface area contributed by atoms with E-state index < -0.39 is 17.8 Å². The Hall–Kier alpha value is -1.34. The van der Waals surface area contributed by atoms with E-state index in [2.05, 4.69) is 21.2 Å². The molecule has 1 saturated heterocycles. The van der Waals surface area contributed by atoms with Crippen molar-refractivity contribution in [3.05, 3.63) is 22.1 Å². The SMILES string of the molecule is Cc1cc(Br)oc1C(=O)NCC(C(=O)O)C1CCOCC1. The lowest BCUT2D eigenvalue weighted by molar-refractivity contribution is -0.144. The second kappa shape index (κ2) is 7.09. The van der Waals surface area contributed by atoms with Gasteiger partial charge in [0.1, 0.15) is 0 Å². The molecule has 1 aromatic rings. The molecule has 1 aromatic heterocycles. The molecule has 2 rings (SSSR count). The van der Waals surface area contributed by atoms with Crippen LogP contribution in [0.15, 0.2) is 15.2 Å². The first-order valence-corrected chi connectivity index (χ1v) is 7.63. The van der Waals surface area contributed by atoms with Crippen molar-refractivity contribution >= 4 is 27.8 Å². The number of ether oxygens (including phenoxy) is 1. The molecule has 1 amide bonds. The van der Waals surface area contributed by atoms with Gasteiger partial charge in [0.15, 0.2) is 10.4 Å². The van der Waals surface area contributed by atoms with Crippen molar-refractivity contribution in [3.8, 4) is 0 Å². The summed E-state index contributed by atoms with van der Waals surface area (Å²) in [6.45, 7) is 3.01. The minimum Gasteiger partial charge on any atom is -0.481 e. The lowest BCUT2D eigenvalue weighted by Crippen LogP contribution is -2.39. The molecular formula is C14H18BrNO5. The Morgan fingerprint density at radius 2 is 2.14 bits per heavy atom. The van der Waals surface area contributed by atoms with E-state index in [1.807, 2.05) is 0 Å². The highest BCUT2D eigenvalue weighted by Gasteiger charge is 2.30. The molecule has 116 valence electrons. The Kier molecular flexibility index (Phi) is 5.41. The highest BCUT2D eigenvalue weighted by atomic mass is 79.9. The predicted octanol–water partition coefficient (Wildman–Crippen LogP) is 2.21. The van der Waals surface area contributed by atoms with Crippen molar-refractivity contribution < 1.29 is 23.8 Å². The van der Waals surface area contributed by atoms with Crippen LogP contribution < -0.4 is 5.32 Å². The number of furan rings is 1. The Labute approximate surface area is 131 Å². The van der Waals surface area contributed by atoms with E-state index in [1.54, 1.807) is 13.0 Å². The fraction of sp³-hybridized carbons (Fsp3) is 0.571. The summed E-state index contributed by atoms with van der Waals surface area (Å²) in [7, 11) is 0. The van der Waals surface area contributed by atoms with E-state index in [4.69, 9.17) is 9.15 Å². The van der Waals surface area contributed by atoms with Gasteiger partial charge in [-0.15, -0.1) is 0 Å². The monoisotopic (exact) mass is 359 g/mol. The summed E-state index contributed by atoms with van der Waals surface area (Å²) in [6.07, 6.45) is 1.41. The molecule has 1 unspecified atom stereocenters. The number of halogens is 1. The van der Waals surface area contributed by atoms with Crippen LogP contribution in [0.2, 0.25) is 0 Å². The van der Waals surface area contributed by atoms with E-state index in [0.717, 1.165) is 0 Å². The smallest absolute Gasteiger partial charge is 0.308 e. The van der Waals surface area contributed by atoms with Crippen molar-refractivity contribution in [3.63, 3.8) is 0 Å². The first-order valence-electron chi connectivity index (χ1n) is 6.83. The van der Waals surface area contributed by atoms with Gasteiger partial charge in [-0.3, -0.25) is 9.59 Å². The van der Waals surface area contributed by atoms with Crippen molar-refractivity contribution in [1.29, 1.82) is 0 Å². The maximum absolute atomic E-state index is 12.0. The third-order valence-electron chi connectivity index (χ3n) is 3.73. The van der Waals surface area contributed by atoms with Crippen molar-refractivity contribution in [2.75, 3.05) is 19.8 Å². The highest BCUT2D eigenvalue weighted by Crippen LogP contribution is 2.24. The lowest BCUT2D eigenvalue weighted by Gasteiger charge is -2.27. The van der Waals surface area contributed by atoms with Gasteiger partial charge in [-0.1, -0.05) is 0 Å². The second-order valence-corrected chi connectivity index (χ2v) is 5.95. The number of carbonyl (C=O) groups excluding carboxylic acids is 1. The van der Waals surface area contributed by atoms with E-state index in [1.165, 1.54) is 0 Å². The van der Waals surface area contributed by atoms with Crippen LogP contribution in [0, 0.1) is 18.8 Å². The molecule has 2 N–H and O–H groups in total. The van der Waals surface area contributed by atoms with Crippen molar-refractivity contribution in [1.82, 2.24) is 5.32 Å². The van der Waals surface area contributed by atoms with Gasteiger partial charge in [-0.05, 0) is 47.7 Å². The van der Waals surface area contributed by atoms with Gasteiger partial charge in [-0.25, -0.2) is 0 Å². The Morgan fingerprint density at radius 1 is 1.48 bits per heavy atom. The van der Waals surface area contributed by atoms with Crippen molar-refractivity contribution in [2.45, 2.75) is 19.8 Å². The van der Waals surface area contributed by atoms with E-state index in [9.17, 15) is 14.7 Å². The Bertz CT molecular complexity index is 521. The standard InChI is InChI=1S/C14H18BrNO5/c1-8-6-11(15)21-12(8)13(17)16-7-10(14(18)19)9-2-4-20-5-3-9/h6,9-10H,2-5,7H2,1H3,(H,16,17)(H,18,19). The fourth-order valence-corrected chi connectivity index (χ4v) is 3.03. The van der Waals surface area contributed by atoms with Gasteiger partial charge < -0.3 is 19.6 Å². The molecule has 2 heterocycles. The van der Waals surface area contributed by atoms with Crippen molar-refractivity contribution in [2.24, 2.45) is 11.8 Å². The molecule has 0 bridgehead atoms. The summed E-state index contributed by atoms with van der Waals surface area (Å²) in [4.78, 5) is 23.4. The molecular weight excluding hydrogens is 342 g/mol. The first kappa shape index (κ1) is 16.0. The molecule has 0 radical (unpaired) electrons. The minimum absolute atomic E-state index is 0.0287. The second-order valence-electron chi connectivity index (χ2n) is 5.17. The number of nitrogens with one attached hydrogen (secondary N) is 1. The number of amides is 1. The quantitative estimate of drug-likeness (QED) is 0.841.